The standard InChI is InChI=1S/C19H18N4O3/c24-18(13-4-5-16-17(11-13)26-12-25-16)23-8-2-1-3-15(23)14-6-9-22-10-7-20-19(22)21-14/h4-7,9-11,15H,1-3,8,12H2. The van der Waals surface area contributed by atoms with Gasteiger partial charge in [0.25, 0.3) is 5.91 Å². The second kappa shape index (κ2) is 6.01. The average Bonchev–Trinajstić information content (AvgIpc) is 3.35. The Bertz CT molecular complexity index is 984. The van der Waals surface area contributed by atoms with Gasteiger partial charge in [0, 0.05) is 30.7 Å². The number of hydrogen-bond donors (Lipinski definition) is 0. The summed E-state index contributed by atoms with van der Waals surface area (Å²) in [6.07, 6.45) is 8.52. The molecule has 5 rings (SSSR count). The number of carbonyl (C=O) groups excluding carboxylic acids is 1. The van der Waals surface area contributed by atoms with Crippen LogP contribution in [0.1, 0.15) is 41.4 Å². The molecule has 1 atom stereocenters. The highest BCUT2D eigenvalue weighted by Crippen LogP contribution is 2.35. The van der Waals surface area contributed by atoms with Crippen LogP contribution in [0.4, 0.5) is 0 Å². The summed E-state index contributed by atoms with van der Waals surface area (Å²) in [4.78, 5) is 24.0. The zero-order chi connectivity index (χ0) is 17.5. The summed E-state index contributed by atoms with van der Waals surface area (Å²) < 4.78 is 12.6. The molecule has 1 unspecified atom stereocenters. The maximum atomic E-state index is 13.2. The van der Waals surface area contributed by atoms with Crippen LogP contribution in [0.25, 0.3) is 5.78 Å². The molecule has 0 spiro atoms. The predicted octanol–water partition coefficient (Wildman–Crippen LogP) is 2.83. The van der Waals surface area contributed by atoms with Crippen molar-refractivity contribution >= 4 is 11.7 Å². The first kappa shape index (κ1) is 15.2. The fourth-order valence-corrected chi connectivity index (χ4v) is 3.68. The van der Waals surface area contributed by atoms with Gasteiger partial charge in [-0.25, -0.2) is 9.97 Å². The fourth-order valence-electron chi connectivity index (χ4n) is 3.68. The van der Waals surface area contributed by atoms with E-state index in [-0.39, 0.29) is 18.7 Å². The highest BCUT2D eigenvalue weighted by molar-refractivity contribution is 5.95. The Balaban J connectivity index is 1.48. The molecule has 0 aliphatic carbocycles. The number of rotatable bonds is 2. The minimum Gasteiger partial charge on any atom is -0.454 e. The summed E-state index contributed by atoms with van der Waals surface area (Å²) in [7, 11) is 0. The Morgan fingerprint density at radius 2 is 2.04 bits per heavy atom. The Hall–Kier alpha value is -3.09. The van der Waals surface area contributed by atoms with Gasteiger partial charge in [0.2, 0.25) is 12.6 Å². The molecule has 1 saturated heterocycles. The maximum absolute atomic E-state index is 13.2. The van der Waals surface area contributed by atoms with Crippen molar-refractivity contribution in [1.29, 1.82) is 0 Å². The number of hydrogen-bond acceptors (Lipinski definition) is 5. The number of aromatic nitrogens is 3. The summed E-state index contributed by atoms with van der Waals surface area (Å²) in [5, 5.41) is 0. The third-order valence-corrected chi connectivity index (χ3v) is 5.01. The molecule has 7 heteroatoms. The first-order chi connectivity index (χ1) is 12.8. The van der Waals surface area contributed by atoms with Gasteiger partial charge in [-0.1, -0.05) is 0 Å². The zero-order valence-electron chi connectivity index (χ0n) is 14.2. The number of nitrogens with zero attached hydrogens (tertiary/aromatic N) is 4. The summed E-state index contributed by atoms with van der Waals surface area (Å²) in [5.74, 6) is 1.96. The molecule has 3 aromatic rings. The van der Waals surface area contributed by atoms with Gasteiger partial charge in [0.1, 0.15) is 0 Å². The van der Waals surface area contributed by atoms with Crippen LogP contribution in [0.3, 0.4) is 0 Å². The van der Waals surface area contributed by atoms with Gasteiger partial charge < -0.3 is 14.4 Å². The van der Waals surface area contributed by atoms with Gasteiger partial charge in [0.15, 0.2) is 11.5 Å². The number of piperidine rings is 1. The molecular weight excluding hydrogens is 332 g/mol. The first-order valence-corrected chi connectivity index (χ1v) is 8.80. The lowest BCUT2D eigenvalue weighted by molar-refractivity contribution is 0.0605. The van der Waals surface area contributed by atoms with Gasteiger partial charge in [-0.15, -0.1) is 0 Å². The Morgan fingerprint density at radius 1 is 1.12 bits per heavy atom. The molecule has 132 valence electrons. The molecule has 0 N–H and O–H groups in total. The van der Waals surface area contributed by atoms with Crippen LogP contribution in [0, 0.1) is 0 Å². The van der Waals surface area contributed by atoms with Crippen molar-refractivity contribution in [2.24, 2.45) is 0 Å². The molecule has 0 radical (unpaired) electrons. The topological polar surface area (TPSA) is 69.0 Å². The summed E-state index contributed by atoms with van der Waals surface area (Å²) >= 11 is 0. The molecule has 4 heterocycles. The van der Waals surface area contributed by atoms with Crippen LogP contribution in [0.2, 0.25) is 0 Å². The van der Waals surface area contributed by atoms with Crippen molar-refractivity contribution in [3.8, 4) is 11.5 Å². The molecule has 0 saturated carbocycles. The van der Waals surface area contributed by atoms with Crippen molar-refractivity contribution in [2.45, 2.75) is 25.3 Å². The van der Waals surface area contributed by atoms with Crippen molar-refractivity contribution in [3.05, 3.63) is 54.1 Å². The summed E-state index contributed by atoms with van der Waals surface area (Å²) in [6, 6.07) is 7.30. The normalized spacial score (nSPS) is 19.1. The smallest absolute Gasteiger partial charge is 0.254 e. The molecule has 2 aliphatic rings. The lowest BCUT2D eigenvalue weighted by Crippen LogP contribution is -2.38. The van der Waals surface area contributed by atoms with E-state index in [1.54, 1.807) is 24.4 Å². The van der Waals surface area contributed by atoms with E-state index in [4.69, 9.17) is 9.47 Å². The zero-order valence-corrected chi connectivity index (χ0v) is 14.2. The third-order valence-electron chi connectivity index (χ3n) is 5.01. The number of ether oxygens (including phenoxy) is 2. The molecule has 2 aromatic heterocycles. The van der Waals surface area contributed by atoms with Gasteiger partial charge in [-0.3, -0.25) is 9.20 Å². The van der Waals surface area contributed by atoms with E-state index in [9.17, 15) is 4.79 Å². The number of carbonyl (C=O) groups is 1. The van der Waals surface area contributed by atoms with E-state index in [1.165, 1.54) is 0 Å². The quantitative estimate of drug-likeness (QED) is 0.711. The predicted molar refractivity (Wildman–Crippen MR) is 93.2 cm³/mol. The van der Waals surface area contributed by atoms with E-state index in [0.29, 0.717) is 22.8 Å². The second-order valence-corrected chi connectivity index (χ2v) is 6.57. The summed E-state index contributed by atoms with van der Waals surface area (Å²) in [6.45, 7) is 0.923. The highest BCUT2D eigenvalue weighted by atomic mass is 16.7. The van der Waals surface area contributed by atoms with Gasteiger partial charge in [-0.05, 0) is 43.5 Å². The monoisotopic (exact) mass is 350 g/mol. The summed E-state index contributed by atoms with van der Waals surface area (Å²) in [5.41, 5.74) is 1.50. The highest BCUT2D eigenvalue weighted by Gasteiger charge is 2.30. The maximum Gasteiger partial charge on any atom is 0.254 e. The lowest BCUT2D eigenvalue weighted by atomic mass is 9.98. The number of benzene rings is 1. The van der Waals surface area contributed by atoms with Crippen molar-refractivity contribution in [3.63, 3.8) is 0 Å². The number of imidazole rings is 1. The largest absolute Gasteiger partial charge is 0.454 e. The van der Waals surface area contributed by atoms with Gasteiger partial charge in [-0.2, -0.15) is 0 Å². The van der Waals surface area contributed by atoms with Crippen LogP contribution in [0.15, 0.2) is 42.9 Å². The minimum atomic E-state index is -0.0385. The molecule has 7 nitrogen and oxygen atoms in total. The Labute approximate surface area is 150 Å². The van der Waals surface area contributed by atoms with Crippen molar-refractivity contribution < 1.29 is 14.3 Å². The van der Waals surface area contributed by atoms with Gasteiger partial charge in [0.05, 0.1) is 11.7 Å². The average molecular weight is 350 g/mol. The molecule has 1 fully saturated rings. The van der Waals surface area contributed by atoms with Gasteiger partial charge >= 0.3 is 0 Å². The third kappa shape index (κ3) is 2.47. The number of likely N-dealkylation sites (tertiary alicyclic amines) is 1. The van der Waals surface area contributed by atoms with E-state index in [1.807, 2.05) is 27.8 Å². The van der Waals surface area contributed by atoms with E-state index in [2.05, 4.69) is 9.97 Å². The minimum absolute atomic E-state index is 0.00184. The number of amides is 1. The van der Waals surface area contributed by atoms with E-state index >= 15 is 0 Å². The lowest BCUT2D eigenvalue weighted by Gasteiger charge is -2.35. The van der Waals surface area contributed by atoms with Crippen LogP contribution >= 0.6 is 0 Å². The van der Waals surface area contributed by atoms with Crippen LogP contribution in [-0.2, 0) is 0 Å². The van der Waals surface area contributed by atoms with Crippen molar-refractivity contribution in [2.75, 3.05) is 13.3 Å². The first-order valence-electron chi connectivity index (χ1n) is 8.80. The van der Waals surface area contributed by atoms with Crippen LogP contribution < -0.4 is 9.47 Å². The number of fused-ring (bicyclic) bond motifs is 2. The molecule has 1 amide bonds. The molecule has 26 heavy (non-hydrogen) atoms. The van der Waals surface area contributed by atoms with E-state index in [0.717, 1.165) is 31.5 Å². The Kier molecular flexibility index (Phi) is 3.51. The van der Waals surface area contributed by atoms with Crippen LogP contribution in [0.5, 0.6) is 11.5 Å². The second-order valence-electron chi connectivity index (χ2n) is 6.57. The fraction of sp³-hybridized carbons (Fsp3) is 0.316. The van der Waals surface area contributed by atoms with Crippen LogP contribution in [-0.4, -0.2) is 38.5 Å². The molecule has 0 bridgehead atoms. The van der Waals surface area contributed by atoms with Crippen molar-refractivity contribution in [1.82, 2.24) is 19.3 Å². The molecular formula is C19H18N4O3. The van der Waals surface area contributed by atoms with E-state index < -0.39 is 0 Å². The Morgan fingerprint density at radius 3 is 3.00 bits per heavy atom. The SMILES string of the molecule is O=C(c1ccc2c(c1)OCO2)N1CCCCC1c1ccn2ccnc2n1. The molecule has 1 aromatic carbocycles. The molecule has 2 aliphatic heterocycles.